The van der Waals surface area contributed by atoms with E-state index in [1.54, 1.807) is 13.0 Å². The number of halogens is 1. The molecule has 0 bridgehead atoms. The molecule has 1 aromatic carbocycles. The summed E-state index contributed by atoms with van der Waals surface area (Å²) in [5, 5.41) is 3.35. The summed E-state index contributed by atoms with van der Waals surface area (Å²) in [4.78, 5) is 26.6. The van der Waals surface area contributed by atoms with Crippen molar-refractivity contribution < 1.29 is 14.0 Å². The van der Waals surface area contributed by atoms with Crippen LogP contribution >= 0.6 is 0 Å². The molecule has 0 radical (unpaired) electrons. The van der Waals surface area contributed by atoms with Crippen LogP contribution in [0.3, 0.4) is 0 Å². The maximum atomic E-state index is 13.2. The van der Waals surface area contributed by atoms with Crippen LogP contribution in [0.25, 0.3) is 0 Å². The molecule has 1 aliphatic heterocycles. The molecule has 4 nitrogen and oxygen atoms in total. The van der Waals surface area contributed by atoms with Crippen LogP contribution in [0.2, 0.25) is 0 Å². The van der Waals surface area contributed by atoms with E-state index in [0.29, 0.717) is 11.5 Å². The summed E-state index contributed by atoms with van der Waals surface area (Å²) >= 11 is 0. The van der Waals surface area contributed by atoms with Gasteiger partial charge in [0.1, 0.15) is 5.82 Å². The van der Waals surface area contributed by atoms with E-state index in [1.165, 1.54) is 18.2 Å². The summed E-state index contributed by atoms with van der Waals surface area (Å²) in [7, 11) is 0. The highest BCUT2D eigenvalue weighted by atomic mass is 19.1. The van der Waals surface area contributed by atoms with E-state index in [4.69, 9.17) is 0 Å². The molecule has 1 saturated heterocycles. The second-order valence-corrected chi connectivity index (χ2v) is 6.61. The summed E-state index contributed by atoms with van der Waals surface area (Å²) in [5.74, 6) is -0.389. The van der Waals surface area contributed by atoms with E-state index < -0.39 is 11.7 Å². The van der Waals surface area contributed by atoms with E-state index in [9.17, 15) is 14.0 Å². The molecule has 1 aliphatic rings. The maximum Gasteiger partial charge on any atom is 0.223 e. The summed E-state index contributed by atoms with van der Waals surface area (Å²) in [6, 6.07) is 5.66. The van der Waals surface area contributed by atoms with E-state index >= 15 is 0 Å². The third-order valence-electron chi connectivity index (χ3n) is 4.69. The standard InChI is InChI=1S/C19H27FN2O2/c1-3-21-13-15-7-9-22(10-8-15)18(23)11-14(2)19(24)16-5-4-6-17(20)12-16/h4-6,12,14-15,21H,3,7-11,13H2,1-2H3. The van der Waals surface area contributed by atoms with Crippen molar-refractivity contribution in [2.75, 3.05) is 26.2 Å². The summed E-state index contributed by atoms with van der Waals surface area (Å²) in [5.41, 5.74) is 0.333. The topological polar surface area (TPSA) is 49.4 Å². The van der Waals surface area contributed by atoms with Crippen LogP contribution in [0.5, 0.6) is 0 Å². The fraction of sp³-hybridized carbons (Fsp3) is 0.579. The van der Waals surface area contributed by atoms with Crippen LogP contribution in [0.15, 0.2) is 24.3 Å². The second kappa shape index (κ2) is 8.92. The molecule has 1 amide bonds. The van der Waals surface area contributed by atoms with Crippen LogP contribution in [-0.4, -0.2) is 42.8 Å². The van der Waals surface area contributed by atoms with Gasteiger partial charge < -0.3 is 10.2 Å². The van der Waals surface area contributed by atoms with Crippen molar-refractivity contribution in [1.29, 1.82) is 0 Å². The average Bonchev–Trinajstić information content (AvgIpc) is 2.59. The Labute approximate surface area is 143 Å². The van der Waals surface area contributed by atoms with Crippen molar-refractivity contribution in [3.05, 3.63) is 35.6 Å². The lowest BCUT2D eigenvalue weighted by Gasteiger charge is -2.32. The molecule has 5 heteroatoms. The molecule has 132 valence electrons. The minimum absolute atomic E-state index is 0.0224. The molecule has 1 heterocycles. The minimum atomic E-state index is -0.432. The summed E-state index contributed by atoms with van der Waals surface area (Å²) in [6.07, 6.45) is 2.20. The molecule has 1 atom stereocenters. The average molecular weight is 334 g/mol. The zero-order valence-corrected chi connectivity index (χ0v) is 14.6. The van der Waals surface area contributed by atoms with Crippen molar-refractivity contribution in [2.24, 2.45) is 11.8 Å². The zero-order valence-electron chi connectivity index (χ0n) is 14.6. The molecule has 1 fully saturated rings. The van der Waals surface area contributed by atoms with Gasteiger partial charge in [-0.2, -0.15) is 0 Å². The third-order valence-corrected chi connectivity index (χ3v) is 4.69. The monoisotopic (exact) mass is 334 g/mol. The van der Waals surface area contributed by atoms with Crippen LogP contribution in [-0.2, 0) is 4.79 Å². The molecule has 0 aliphatic carbocycles. The number of carbonyl (C=O) groups excluding carboxylic acids is 2. The number of Topliss-reactive ketones (excluding diaryl/α,β-unsaturated/α-hetero) is 1. The fourth-order valence-corrected chi connectivity index (χ4v) is 3.14. The summed E-state index contributed by atoms with van der Waals surface area (Å²) < 4.78 is 13.2. The third kappa shape index (κ3) is 5.13. The van der Waals surface area contributed by atoms with Gasteiger partial charge in [0.05, 0.1) is 0 Å². The van der Waals surface area contributed by atoms with Gasteiger partial charge in [-0.15, -0.1) is 0 Å². The van der Waals surface area contributed by atoms with Crippen molar-refractivity contribution in [3.63, 3.8) is 0 Å². The number of hydrogen-bond donors (Lipinski definition) is 1. The Hall–Kier alpha value is -1.75. The Bertz CT molecular complexity index is 568. The van der Waals surface area contributed by atoms with Gasteiger partial charge in [-0.1, -0.05) is 26.0 Å². The van der Waals surface area contributed by atoms with Gasteiger partial charge in [0, 0.05) is 31.0 Å². The molecule has 0 aromatic heterocycles. The lowest BCUT2D eigenvalue weighted by molar-refractivity contribution is -0.133. The number of piperidine rings is 1. The number of nitrogens with one attached hydrogen (secondary N) is 1. The first-order valence-electron chi connectivity index (χ1n) is 8.79. The Morgan fingerprint density at radius 1 is 1.33 bits per heavy atom. The van der Waals surface area contributed by atoms with Crippen molar-refractivity contribution >= 4 is 11.7 Å². The molecule has 0 spiro atoms. The highest BCUT2D eigenvalue weighted by Gasteiger charge is 2.26. The fourth-order valence-electron chi connectivity index (χ4n) is 3.14. The number of ketones is 1. The van der Waals surface area contributed by atoms with Crippen LogP contribution in [0.4, 0.5) is 4.39 Å². The quantitative estimate of drug-likeness (QED) is 0.780. The first kappa shape index (κ1) is 18.6. The van der Waals surface area contributed by atoms with E-state index in [2.05, 4.69) is 12.2 Å². The lowest BCUT2D eigenvalue weighted by atomic mass is 9.93. The normalized spacial score (nSPS) is 16.9. The Morgan fingerprint density at radius 2 is 2.04 bits per heavy atom. The molecule has 2 rings (SSSR count). The van der Waals surface area contributed by atoms with Crippen molar-refractivity contribution in [2.45, 2.75) is 33.1 Å². The maximum absolute atomic E-state index is 13.2. The highest BCUT2D eigenvalue weighted by molar-refractivity contribution is 5.99. The van der Waals surface area contributed by atoms with E-state index in [1.807, 2.05) is 4.90 Å². The Morgan fingerprint density at radius 3 is 2.67 bits per heavy atom. The Kier molecular flexibility index (Phi) is 6.91. The van der Waals surface area contributed by atoms with Gasteiger partial charge >= 0.3 is 0 Å². The van der Waals surface area contributed by atoms with E-state index in [-0.39, 0.29) is 18.1 Å². The molecule has 1 unspecified atom stereocenters. The van der Waals surface area contributed by atoms with Gasteiger partial charge in [-0.05, 0) is 44.0 Å². The van der Waals surface area contributed by atoms with Crippen LogP contribution < -0.4 is 5.32 Å². The molecule has 1 N–H and O–H groups in total. The van der Waals surface area contributed by atoms with E-state index in [0.717, 1.165) is 39.0 Å². The predicted molar refractivity (Wildman–Crippen MR) is 92.4 cm³/mol. The predicted octanol–water partition coefficient (Wildman–Crippen LogP) is 2.88. The van der Waals surface area contributed by atoms with Crippen LogP contribution in [0.1, 0.15) is 43.5 Å². The number of likely N-dealkylation sites (tertiary alicyclic amines) is 1. The Balaban J connectivity index is 1.83. The molecule has 24 heavy (non-hydrogen) atoms. The van der Waals surface area contributed by atoms with Gasteiger partial charge in [-0.25, -0.2) is 4.39 Å². The SMILES string of the molecule is CCNCC1CCN(C(=O)CC(C)C(=O)c2cccc(F)c2)CC1. The number of carbonyl (C=O) groups is 2. The van der Waals surface area contributed by atoms with Crippen molar-refractivity contribution in [1.82, 2.24) is 10.2 Å². The highest BCUT2D eigenvalue weighted by Crippen LogP contribution is 2.20. The molecular weight excluding hydrogens is 307 g/mol. The molecular formula is C19H27FN2O2. The first-order chi connectivity index (χ1) is 11.5. The molecule has 1 aromatic rings. The van der Waals surface area contributed by atoms with Crippen LogP contribution in [0, 0.1) is 17.7 Å². The summed E-state index contributed by atoms with van der Waals surface area (Å²) in [6.45, 7) is 7.33. The number of benzene rings is 1. The minimum Gasteiger partial charge on any atom is -0.343 e. The number of rotatable bonds is 7. The van der Waals surface area contributed by atoms with Gasteiger partial charge in [0.25, 0.3) is 0 Å². The van der Waals surface area contributed by atoms with Gasteiger partial charge in [0.15, 0.2) is 5.78 Å². The lowest BCUT2D eigenvalue weighted by Crippen LogP contribution is -2.41. The smallest absolute Gasteiger partial charge is 0.223 e. The largest absolute Gasteiger partial charge is 0.343 e. The molecule has 0 saturated carbocycles. The van der Waals surface area contributed by atoms with Gasteiger partial charge in [0.2, 0.25) is 5.91 Å². The zero-order chi connectivity index (χ0) is 17.5. The number of nitrogens with zero attached hydrogens (tertiary/aromatic N) is 1. The first-order valence-corrected chi connectivity index (χ1v) is 8.79. The van der Waals surface area contributed by atoms with Crippen molar-refractivity contribution in [3.8, 4) is 0 Å². The number of amides is 1. The second-order valence-electron chi connectivity index (χ2n) is 6.61. The number of hydrogen-bond acceptors (Lipinski definition) is 3. The van der Waals surface area contributed by atoms with Gasteiger partial charge in [-0.3, -0.25) is 9.59 Å².